The maximum Gasteiger partial charge on any atom is 0.323 e. The van der Waals surface area contributed by atoms with Gasteiger partial charge in [0, 0.05) is 12.6 Å². The molecule has 2 rings (SSSR count). The smallest absolute Gasteiger partial charge is 0.323 e. The third-order valence-electron chi connectivity index (χ3n) is 4.71. The predicted molar refractivity (Wildman–Crippen MR) is 85.3 cm³/mol. The molecule has 2 atom stereocenters. The van der Waals surface area contributed by atoms with Crippen molar-refractivity contribution in [3.05, 3.63) is 0 Å². The number of carbonyl (C=O) groups excluding carboxylic acids is 1. The van der Waals surface area contributed by atoms with E-state index in [1.807, 2.05) is 20.8 Å². The lowest BCUT2D eigenvalue weighted by Gasteiger charge is -2.34. The summed E-state index contributed by atoms with van der Waals surface area (Å²) < 4.78 is 5.57. The lowest BCUT2D eigenvalue weighted by molar-refractivity contribution is -0.160. The van der Waals surface area contributed by atoms with Crippen LogP contribution in [0.15, 0.2) is 0 Å². The lowest BCUT2D eigenvalue weighted by Crippen LogP contribution is -2.43. The second-order valence-corrected chi connectivity index (χ2v) is 7.65. The Labute approximate surface area is 129 Å². The van der Waals surface area contributed by atoms with Crippen molar-refractivity contribution in [1.29, 1.82) is 0 Å². The average molecular weight is 296 g/mol. The Bertz CT molecular complexity index is 351. The van der Waals surface area contributed by atoms with Crippen LogP contribution in [0.4, 0.5) is 0 Å². The van der Waals surface area contributed by atoms with Gasteiger partial charge in [-0.3, -0.25) is 9.69 Å². The van der Waals surface area contributed by atoms with Crippen LogP contribution in [0.3, 0.4) is 0 Å². The van der Waals surface area contributed by atoms with Crippen LogP contribution < -0.4 is 0 Å². The Hall–Kier alpha value is -0.610. The van der Waals surface area contributed by atoms with Gasteiger partial charge in [0.1, 0.15) is 11.6 Å². The molecule has 21 heavy (non-hydrogen) atoms. The molecule has 2 aliphatic rings. The standard InChI is InChI=1S/C17H32N2O2/c1-17(2,3)21-16(20)15-9-7-12-19(15)13-10-14-8-5-6-11-18(14)4/h14-15H,5-13H2,1-4H3/t14?,15-/m1/s1. The van der Waals surface area contributed by atoms with E-state index >= 15 is 0 Å². The van der Waals surface area contributed by atoms with Gasteiger partial charge in [-0.15, -0.1) is 0 Å². The second kappa shape index (κ2) is 7.10. The van der Waals surface area contributed by atoms with Crippen LogP contribution in [0.25, 0.3) is 0 Å². The first-order chi connectivity index (χ1) is 9.87. The van der Waals surface area contributed by atoms with Crippen molar-refractivity contribution < 1.29 is 9.53 Å². The Kier molecular flexibility index (Phi) is 5.67. The first-order valence-corrected chi connectivity index (χ1v) is 8.54. The van der Waals surface area contributed by atoms with Crippen molar-refractivity contribution in [3.63, 3.8) is 0 Å². The van der Waals surface area contributed by atoms with Crippen molar-refractivity contribution >= 4 is 5.97 Å². The minimum Gasteiger partial charge on any atom is -0.459 e. The number of piperidine rings is 1. The van der Waals surface area contributed by atoms with Crippen molar-refractivity contribution in [3.8, 4) is 0 Å². The molecule has 122 valence electrons. The monoisotopic (exact) mass is 296 g/mol. The summed E-state index contributed by atoms with van der Waals surface area (Å²) in [5.41, 5.74) is -0.380. The topological polar surface area (TPSA) is 32.8 Å². The van der Waals surface area contributed by atoms with E-state index in [1.165, 1.54) is 32.2 Å². The number of hydrogen-bond acceptors (Lipinski definition) is 4. The summed E-state index contributed by atoms with van der Waals surface area (Å²) >= 11 is 0. The molecular formula is C17H32N2O2. The van der Waals surface area contributed by atoms with Gasteiger partial charge in [0.15, 0.2) is 0 Å². The maximum absolute atomic E-state index is 12.3. The highest BCUT2D eigenvalue weighted by Gasteiger charge is 2.34. The van der Waals surface area contributed by atoms with Gasteiger partial charge in [0.25, 0.3) is 0 Å². The van der Waals surface area contributed by atoms with Gasteiger partial charge >= 0.3 is 5.97 Å². The number of rotatable bonds is 4. The molecule has 0 aliphatic carbocycles. The average Bonchev–Trinajstić information content (AvgIpc) is 2.84. The largest absolute Gasteiger partial charge is 0.459 e. The molecule has 0 aromatic rings. The number of ether oxygens (including phenoxy) is 1. The van der Waals surface area contributed by atoms with Crippen LogP contribution >= 0.6 is 0 Å². The van der Waals surface area contributed by atoms with E-state index in [4.69, 9.17) is 4.74 Å². The Morgan fingerprint density at radius 1 is 1.14 bits per heavy atom. The maximum atomic E-state index is 12.3. The zero-order valence-electron chi connectivity index (χ0n) is 14.2. The summed E-state index contributed by atoms with van der Waals surface area (Å²) in [6, 6.07) is 0.678. The van der Waals surface area contributed by atoms with Crippen LogP contribution in [0.2, 0.25) is 0 Å². The molecule has 0 radical (unpaired) electrons. The first-order valence-electron chi connectivity index (χ1n) is 8.54. The van der Waals surface area contributed by atoms with Gasteiger partial charge < -0.3 is 9.64 Å². The predicted octanol–water partition coefficient (Wildman–Crippen LogP) is 2.67. The normalized spacial score (nSPS) is 28.8. The molecule has 0 amide bonds. The van der Waals surface area contributed by atoms with Crippen LogP contribution in [0.5, 0.6) is 0 Å². The molecule has 4 heteroatoms. The van der Waals surface area contributed by atoms with Gasteiger partial charge in [0.05, 0.1) is 0 Å². The van der Waals surface area contributed by atoms with E-state index in [9.17, 15) is 4.79 Å². The molecule has 1 unspecified atom stereocenters. The SMILES string of the molecule is CN1CCCCC1CCN1CCC[C@@H]1C(=O)OC(C)(C)C. The highest BCUT2D eigenvalue weighted by Crippen LogP contribution is 2.24. The van der Waals surface area contributed by atoms with E-state index in [-0.39, 0.29) is 17.6 Å². The number of likely N-dealkylation sites (tertiary alicyclic amines) is 2. The van der Waals surface area contributed by atoms with E-state index in [0.29, 0.717) is 6.04 Å². The van der Waals surface area contributed by atoms with Gasteiger partial charge in [-0.05, 0) is 73.0 Å². The minimum atomic E-state index is -0.380. The molecule has 0 bridgehead atoms. The molecule has 2 saturated heterocycles. The Balaban J connectivity index is 1.82. The van der Waals surface area contributed by atoms with Gasteiger partial charge in [-0.25, -0.2) is 0 Å². The Morgan fingerprint density at radius 2 is 1.90 bits per heavy atom. The molecule has 0 aromatic carbocycles. The number of nitrogens with zero attached hydrogens (tertiary/aromatic N) is 2. The number of hydrogen-bond donors (Lipinski definition) is 0. The third kappa shape index (κ3) is 4.96. The van der Waals surface area contributed by atoms with E-state index in [1.54, 1.807) is 0 Å². The van der Waals surface area contributed by atoms with Crippen molar-refractivity contribution in [2.75, 3.05) is 26.7 Å². The fraction of sp³-hybridized carbons (Fsp3) is 0.941. The molecule has 4 nitrogen and oxygen atoms in total. The first kappa shape index (κ1) is 16.8. The summed E-state index contributed by atoms with van der Waals surface area (Å²) in [5.74, 6) is -0.0306. The molecule has 2 fully saturated rings. The fourth-order valence-corrected chi connectivity index (χ4v) is 3.55. The van der Waals surface area contributed by atoms with Crippen LogP contribution in [-0.4, -0.2) is 60.1 Å². The highest BCUT2D eigenvalue weighted by atomic mass is 16.6. The van der Waals surface area contributed by atoms with Gasteiger partial charge in [0.2, 0.25) is 0 Å². The van der Waals surface area contributed by atoms with Crippen molar-refractivity contribution in [2.24, 2.45) is 0 Å². The minimum absolute atomic E-state index is 0.0156. The quantitative estimate of drug-likeness (QED) is 0.747. The van der Waals surface area contributed by atoms with Crippen LogP contribution in [0.1, 0.15) is 59.3 Å². The number of carbonyl (C=O) groups is 1. The van der Waals surface area contributed by atoms with Gasteiger partial charge in [-0.2, -0.15) is 0 Å². The summed E-state index contributed by atoms with van der Waals surface area (Å²) in [6.07, 6.45) is 7.23. The molecule has 0 saturated carbocycles. The van der Waals surface area contributed by atoms with Gasteiger partial charge in [-0.1, -0.05) is 6.42 Å². The second-order valence-electron chi connectivity index (χ2n) is 7.65. The summed E-state index contributed by atoms with van der Waals surface area (Å²) in [6.45, 7) is 9.13. The molecule has 0 spiro atoms. The molecule has 0 aromatic heterocycles. The third-order valence-corrected chi connectivity index (χ3v) is 4.71. The van der Waals surface area contributed by atoms with E-state index in [2.05, 4.69) is 16.8 Å². The summed E-state index contributed by atoms with van der Waals surface area (Å²) in [5, 5.41) is 0. The van der Waals surface area contributed by atoms with Crippen LogP contribution in [0, 0.1) is 0 Å². The summed E-state index contributed by atoms with van der Waals surface area (Å²) in [4.78, 5) is 17.1. The Morgan fingerprint density at radius 3 is 2.57 bits per heavy atom. The highest BCUT2D eigenvalue weighted by molar-refractivity contribution is 5.76. The fourth-order valence-electron chi connectivity index (χ4n) is 3.55. The van der Waals surface area contributed by atoms with Crippen molar-refractivity contribution in [2.45, 2.75) is 77.0 Å². The molecule has 2 aliphatic heterocycles. The zero-order valence-corrected chi connectivity index (χ0v) is 14.2. The lowest BCUT2D eigenvalue weighted by atomic mass is 10.00. The molecule has 0 N–H and O–H groups in total. The molecule has 2 heterocycles. The number of esters is 1. The van der Waals surface area contributed by atoms with Crippen LogP contribution in [-0.2, 0) is 9.53 Å². The van der Waals surface area contributed by atoms with E-state index in [0.717, 1.165) is 25.9 Å². The molecular weight excluding hydrogens is 264 g/mol. The van der Waals surface area contributed by atoms with E-state index < -0.39 is 0 Å². The zero-order chi connectivity index (χ0) is 15.5. The van der Waals surface area contributed by atoms with Crippen molar-refractivity contribution in [1.82, 2.24) is 9.80 Å². The summed E-state index contributed by atoms with van der Waals surface area (Å²) in [7, 11) is 2.24.